The molecule has 2 heterocycles. The van der Waals surface area contributed by atoms with Crippen LogP contribution in [0.1, 0.15) is 60.0 Å². The first-order valence-electron chi connectivity index (χ1n) is 11.6. The maximum atomic E-state index is 13.0. The van der Waals surface area contributed by atoms with Gasteiger partial charge in [0.1, 0.15) is 17.9 Å². The summed E-state index contributed by atoms with van der Waals surface area (Å²) in [5.74, 6) is 0.589. The van der Waals surface area contributed by atoms with E-state index in [1.54, 1.807) is 26.0 Å². The van der Waals surface area contributed by atoms with Gasteiger partial charge in [-0.05, 0) is 86.4 Å². The van der Waals surface area contributed by atoms with Crippen molar-refractivity contribution in [2.24, 2.45) is 0 Å². The van der Waals surface area contributed by atoms with Gasteiger partial charge >= 0.3 is 0 Å². The number of hydrogen-bond donors (Lipinski definition) is 1. The minimum atomic E-state index is -3.71. The Morgan fingerprint density at radius 3 is 2.40 bits per heavy atom. The van der Waals surface area contributed by atoms with Crippen LogP contribution in [0.25, 0.3) is 0 Å². The zero-order valence-electron chi connectivity index (χ0n) is 20.2. The molecular formula is C25H30N4O5S. The summed E-state index contributed by atoms with van der Waals surface area (Å²) in [6.45, 7) is 3.44. The van der Waals surface area contributed by atoms with Gasteiger partial charge in [0.2, 0.25) is 11.8 Å². The largest absolute Gasteiger partial charge is 0.497 e. The number of benzene rings is 1. The fourth-order valence-corrected chi connectivity index (χ4v) is 6.50. The Bertz CT molecular complexity index is 1260. The van der Waals surface area contributed by atoms with Gasteiger partial charge in [-0.3, -0.25) is 9.78 Å². The van der Waals surface area contributed by atoms with Gasteiger partial charge in [0.05, 0.1) is 12.0 Å². The van der Waals surface area contributed by atoms with E-state index in [1.165, 1.54) is 12.7 Å². The summed E-state index contributed by atoms with van der Waals surface area (Å²) < 4.78 is 36.4. The molecule has 186 valence electrons. The van der Waals surface area contributed by atoms with Gasteiger partial charge in [-0.1, -0.05) is 5.16 Å². The predicted molar refractivity (Wildman–Crippen MR) is 129 cm³/mol. The van der Waals surface area contributed by atoms with E-state index < -0.39 is 15.6 Å². The SMILES string of the molecule is COc1cc(C)c(S(=O)(=O)Cc2noc(CC(=O)NC3CCC(c4ccncc4)CC3)n2)c(C)c1. The third-order valence-corrected chi connectivity index (χ3v) is 8.30. The van der Waals surface area contributed by atoms with E-state index >= 15 is 0 Å². The molecule has 0 spiro atoms. The van der Waals surface area contributed by atoms with E-state index in [0.717, 1.165) is 25.7 Å². The summed E-state index contributed by atoms with van der Waals surface area (Å²) >= 11 is 0. The molecule has 2 aromatic heterocycles. The van der Waals surface area contributed by atoms with Gasteiger partial charge in [-0.25, -0.2) is 8.42 Å². The molecule has 1 saturated carbocycles. The molecule has 1 aliphatic rings. The topological polar surface area (TPSA) is 124 Å². The molecule has 0 atom stereocenters. The number of nitrogens with zero attached hydrogens (tertiary/aromatic N) is 3. The predicted octanol–water partition coefficient (Wildman–Crippen LogP) is 3.45. The maximum absolute atomic E-state index is 13.0. The Balaban J connectivity index is 1.32. The molecule has 1 aromatic carbocycles. The molecule has 0 unspecified atom stereocenters. The van der Waals surface area contributed by atoms with E-state index in [1.807, 2.05) is 24.5 Å². The zero-order chi connectivity index (χ0) is 25.0. The number of rotatable bonds is 8. The lowest BCUT2D eigenvalue weighted by Crippen LogP contribution is -2.38. The second kappa shape index (κ2) is 10.6. The normalized spacial score (nSPS) is 18.3. The lowest BCUT2D eigenvalue weighted by molar-refractivity contribution is -0.121. The van der Waals surface area contributed by atoms with Crippen LogP contribution < -0.4 is 10.1 Å². The van der Waals surface area contributed by atoms with Crippen LogP contribution in [-0.2, 0) is 26.8 Å². The van der Waals surface area contributed by atoms with Crippen molar-refractivity contribution in [3.63, 3.8) is 0 Å². The van der Waals surface area contributed by atoms with Crippen LogP contribution in [0, 0.1) is 13.8 Å². The summed E-state index contributed by atoms with van der Waals surface area (Å²) in [4.78, 5) is 21.0. The third kappa shape index (κ3) is 6.05. The third-order valence-electron chi connectivity index (χ3n) is 6.39. The second-order valence-corrected chi connectivity index (χ2v) is 11.0. The number of nitrogens with one attached hydrogen (secondary N) is 1. The molecule has 0 saturated heterocycles. The molecule has 4 rings (SSSR count). The number of carbonyl (C=O) groups is 1. The van der Waals surface area contributed by atoms with Crippen LogP contribution in [0.4, 0.5) is 0 Å². The number of carbonyl (C=O) groups excluding carboxylic acids is 1. The fraction of sp³-hybridized carbons (Fsp3) is 0.440. The monoisotopic (exact) mass is 498 g/mol. The maximum Gasteiger partial charge on any atom is 0.236 e. The van der Waals surface area contributed by atoms with Crippen molar-refractivity contribution in [1.82, 2.24) is 20.4 Å². The minimum absolute atomic E-state index is 0.0280. The van der Waals surface area contributed by atoms with Gasteiger partial charge in [0.15, 0.2) is 15.7 Å². The number of amides is 1. The number of sulfone groups is 1. The molecule has 1 amide bonds. The number of aryl methyl sites for hydroxylation is 2. The highest BCUT2D eigenvalue weighted by Gasteiger charge is 2.26. The van der Waals surface area contributed by atoms with Crippen LogP contribution in [0.5, 0.6) is 5.75 Å². The van der Waals surface area contributed by atoms with E-state index in [2.05, 4.69) is 20.4 Å². The highest BCUT2D eigenvalue weighted by molar-refractivity contribution is 7.90. The van der Waals surface area contributed by atoms with Crippen molar-refractivity contribution in [1.29, 1.82) is 0 Å². The summed E-state index contributed by atoms with van der Waals surface area (Å²) in [6, 6.07) is 7.55. The zero-order valence-corrected chi connectivity index (χ0v) is 21.0. The molecule has 1 fully saturated rings. The molecule has 1 N–H and O–H groups in total. The van der Waals surface area contributed by atoms with Gasteiger partial charge in [0.25, 0.3) is 0 Å². The molecule has 10 heteroatoms. The smallest absolute Gasteiger partial charge is 0.236 e. The van der Waals surface area contributed by atoms with Crippen molar-refractivity contribution in [3.05, 3.63) is 65.1 Å². The Morgan fingerprint density at radius 1 is 1.11 bits per heavy atom. The lowest BCUT2D eigenvalue weighted by atomic mass is 9.82. The van der Waals surface area contributed by atoms with Gasteiger partial charge < -0.3 is 14.6 Å². The van der Waals surface area contributed by atoms with Crippen LogP contribution in [-0.4, -0.2) is 42.6 Å². The quantitative estimate of drug-likeness (QED) is 0.501. The first-order valence-corrected chi connectivity index (χ1v) is 13.3. The van der Waals surface area contributed by atoms with Gasteiger partial charge in [-0.15, -0.1) is 0 Å². The average molecular weight is 499 g/mol. The molecule has 0 aliphatic heterocycles. The van der Waals surface area contributed by atoms with E-state index in [-0.39, 0.29) is 35.0 Å². The number of pyridine rings is 1. The molecule has 1 aliphatic carbocycles. The van der Waals surface area contributed by atoms with E-state index in [4.69, 9.17) is 9.26 Å². The molecule has 3 aromatic rings. The van der Waals surface area contributed by atoms with E-state index in [9.17, 15) is 13.2 Å². The van der Waals surface area contributed by atoms with Crippen LogP contribution in [0.3, 0.4) is 0 Å². The number of aromatic nitrogens is 3. The van der Waals surface area contributed by atoms with Crippen molar-refractivity contribution in [2.45, 2.75) is 68.6 Å². The summed E-state index contributed by atoms with van der Waals surface area (Å²) in [7, 11) is -2.18. The Morgan fingerprint density at radius 2 is 1.77 bits per heavy atom. The highest BCUT2D eigenvalue weighted by atomic mass is 32.2. The molecule has 0 bridgehead atoms. The van der Waals surface area contributed by atoms with E-state index in [0.29, 0.717) is 22.8 Å². The van der Waals surface area contributed by atoms with Crippen molar-refractivity contribution in [3.8, 4) is 5.75 Å². The number of ether oxygens (including phenoxy) is 1. The Kier molecular flexibility index (Phi) is 7.49. The Labute approximate surface area is 205 Å². The Hall–Kier alpha value is -3.27. The van der Waals surface area contributed by atoms with Crippen molar-refractivity contribution < 1.29 is 22.5 Å². The molecule has 0 radical (unpaired) electrons. The van der Waals surface area contributed by atoms with Gasteiger partial charge in [0, 0.05) is 18.4 Å². The lowest BCUT2D eigenvalue weighted by Gasteiger charge is -2.29. The van der Waals surface area contributed by atoms with Gasteiger partial charge in [-0.2, -0.15) is 4.98 Å². The summed E-state index contributed by atoms with van der Waals surface area (Å²) in [5.41, 5.74) is 2.46. The average Bonchev–Trinajstić information content (AvgIpc) is 3.24. The van der Waals surface area contributed by atoms with Crippen LogP contribution in [0.15, 0.2) is 46.1 Å². The first kappa shape index (κ1) is 24.8. The molecule has 35 heavy (non-hydrogen) atoms. The van der Waals surface area contributed by atoms with Crippen LogP contribution in [0.2, 0.25) is 0 Å². The summed E-state index contributed by atoms with van der Waals surface area (Å²) in [5, 5.41) is 6.83. The minimum Gasteiger partial charge on any atom is -0.497 e. The fourth-order valence-electron chi connectivity index (χ4n) is 4.80. The first-order chi connectivity index (χ1) is 16.7. The summed E-state index contributed by atoms with van der Waals surface area (Å²) in [6.07, 6.45) is 7.33. The van der Waals surface area contributed by atoms with Crippen LogP contribution >= 0.6 is 0 Å². The van der Waals surface area contributed by atoms with Crippen molar-refractivity contribution >= 4 is 15.7 Å². The molecular weight excluding hydrogens is 468 g/mol. The second-order valence-electron chi connectivity index (χ2n) is 9.03. The standard InChI is InChI=1S/C25H30N4O5S/c1-16-12-21(33-3)13-17(2)25(16)35(31,32)15-22-28-24(34-29-22)14-23(30)27-20-6-4-18(5-7-20)19-8-10-26-11-9-19/h8-13,18,20H,4-7,14-15H2,1-3H3,(H,27,30). The van der Waals surface area contributed by atoms with Crippen molar-refractivity contribution in [2.75, 3.05) is 7.11 Å². The highest BCUT2D eigenvalue weighted by Crippen LogP contribution is 2.32. The molecule has 9 nitrogen and oxygen atoms in total. The number of methoxy groups -OCH3 is 1. The number of hydrogen-bond acceptors (Lipinski definition) is 8.